The highest BCUT2D eigenvalue weighted by atomic mass is 32.2. The topological polar surface area (TPSA) is 64.1 Å². The lowest BCUT2D eigenvalue weighted by molar-refractivity contribution is 0.450. The summed E-state index contributed by atoms with van der Waals surface area (Å²) in [5.41, 5.74) is 6.67. The Morgan fingerprint density at radius 2 is 2.12 bits per heavy atom. The van der Waals surface area contributed by atoms with Crippen molar-refractivity contribution in [2.75, 3.05) is 12.0 Å². The molecule has 0 saturated heterocycles. The van der Waals surface area contributed by atoms with Crippen molar-refractivity contribution in [2.45, 2.75) is 4.90 Å². The van der Waals surface area contributed by atoms with Gasteiger partial charge in [0.1, 0.15) is 17.4 Å². The average molecular weight is 253 g/mol. The first kappa shape index (κ1) is 11.8. The molecular weight excluding hydrogens is 241 g/mol. The van der Waals surface area contributed by atoms with E-state index >= 15 is 0 Å². The van der Waals surface area contributed by atoms with Crippen LogP contribution >= 0.6 is 11.8 Å². The van der Waals surface area contributed by atoms with Gasteiger partial charge in [0, 0.05) is 18.2 Å². The normalized spacial score (nSPS) is 10.8. The molecule has 1 aromatic carbocycles. The number of hydrogen-bond acceptors (Lipinski definition) is 4. The van der Waals surface area contributed by atoms with Crippen molar-refractivity contribution < 1.29 is 9.50 Å². The Balaban J connectivity index is 2.65. The Hall–Kier alpha value is -1.69. The number of anilines is 1. The van der Waals surface area contributed by atoms with Crippen LogP contribution in [0.2, 0.25) is 0 Å². The largest absolute Gasteiger partial charge is 0.507 e. The van der Waals surface area contributed by atoms with E-state index in [-0.39, 0.29) is 10.6 Å². The van der Waals surface area contributed by atoms with Crippen molar-refractivity contribution in [3.8, 4) is 16.9 Å². The van der Waals surface area contributed by atoms with E-state index in [1.807, 2.05) is 0 Å². The van der Waals surface area contributed by atoms with Gasteiger partial charge in [-0.15, -0.1) is 11.8 Å². The number of nitrogens with zero attached hydrogens (tertiary/aromatic N) is 2. The first-order valence-electron chi connectivity index (χ1n) is 4.89. The molecule has 90 valence electrons. The third-order valence-electron chi connectivity index (χ3n) is 2.56. The number of hydrogen-bond donors (Lipinski definition) is 2. The van der Waals surface area contributed by atoms with Crippen LogP contribution in [0.3, 0.4) is 0 Å². The average Bonchev–Trinajstić information content (AvgIpc) is 2.61. The molecule has 0 spiro atoms. The molecule has 0 saturated carbocycles. The minimum absolute atomic E-state index is 0.0683. The van der Waals surface area contributed by atoms with E-state index in [0.717, 1.165) is 11.8 Å². The monoisotopic (exact) mass is 253 g/mol. The SMILES string of the molecule is CSc1c(O)ccc(-c2cnn(C)c2N)c1F. The van der Waals surface area contributed by atoms with Gasteiger partial charge in [0.15, 0.2) is 0 Å². The first-order valence-corrected chi connectivity index (χ1v) is 6.12. The fourth-order valence-corrected chi connectivity index (χ4v) is 2.17. The molecule has 0 aliphatic carbocycles. The third-order valence-corrected chi connectivity index (χ3v) is 3.35. The Morgan fingerprint density at radius 1 is 1.41 bits per heavy atom. The highest BCUT2D eigenvalue weighted by molar-refractivity contribution is 7.98. The van der Waals surface area contributed by atoms with Gasteiger partial charge < -0.3 is 10.8 Å². The molecule has 0 bridgehead atoms. The Bertz CT molecular complexity index is 568. The number of nitrogens with two attached hydrogens (primary N) is 1. The Labute approximate surface area is 102 Å². The second kappa shape index (κ2) is 4.29. The van der Waals surface area contributed by atoms with Crippen molar-refractivity contribution in [1.82, 2.24) is 9.78 Å². The summed E-state index contributed by atoms with van der Waals surface area (Å²) < 4.78 is 15.6. The summed E-state index contributed by atoms with van der Waals surface area (Å²) >= 11 is 1.15. The zero-order chi connectivity index (χ0) is 12.6. The van der Waals surface area contributed by atoms with Gasteiger partial charge >= 0.3 is 0 Å². The van der Waals surface area contributed by atoms with Gasteiger partial charge in [-0.1, -0.05) is 0 Å². The number of phenols is 1. The molecule has 1 aromatic heterocycles. The van der Waals surface area contributed by atoms with Gasteiger partial charge in [-0.3, -0.25) is 4.68 Å². The lowest BCUT2D eigenvalue weighted by atomic mass is 10.1. The van der Waals surface area contributed by atoms with E-state index in [1.165, 1.54) is 23.0 Å². The van der Waals surface area contributed by atoms with Crippen molar-refractivity contribution in [3.63, 3.8) is 0 Å². The molecule has 2 rings (SSSR count). The summed E-state index contributed by atoms with van der Waals surface area (Å²) in [6.45, 7) is 0. The number of halogens is 1. The number of benzene rings is 1. The number of aromatic nitrogens is 2. The molecule has 0 radical (unpaired) electrons. The smallest absolute Gasteiger partial charge is 0.148 e. The summed E-state index contributed by atoms with van der Waals surface area (Å²) in [6, 6.07) is 2.95. The summed E-state index contributed by atoms with van der Waals surface area (Å²) in [6.07, 6.45) is 3.21. The summed E-state index contributed by atoms with van der Waals surface area (Å²) in [4.78, 5) is 0.214. The maximum Gasteiger partial charge on any atom is 0.148 e. The van der Waals surface area contributed by atoms with E-state index in [9.17, 15) is 9.50 Å². The molecule has 17 heavy (non-hydrogen) atoms. The molecule has 6 heteroatoms. The number of rotatable bonds is 2. The minimum atomic E-state index is -0.475. The quantitative estimate of drug-likeness (QED) is 0.806. The second-order valence-electron chi connectivity index (χ2n) is 3.55. The van der Waals surface area contributed by atoms with E-state index < -0.39 is 5.82 Å². The van der Waals surface area contributed by atoms with Crippen LogP contribution in [0.25, 0.3) is 11.1 Å². The fraction of sp³-hybridized carbons (Fsp3) is 0.182. The van der Waals surface area contributed by atoms with Gasteiger partial charge in [0.2, 0.25) is 0 Å². The molecule has 2 aromatic rings. The van der Waals surface area contributed by atoms with E-state index in [1.54, 1.807) is 13.3 Å². The van der Waals surface area contributed by atoms with Crippen molar-refractivity contribution >= 4 is 17.6 Å². The van der Waals surface area contributed by atoms with Crippen molar-refractivity contribution in [2.24, 2.45) is 7.05 Å². The zero-order valence-corrected chi connectivity index (χ0v) is 10.3. The van der Waals surface area contributed by atoms with Crippen LogP contribution in [0.5, 0.6) is 5.75 Å². The predicted molar refractivity (Wildman–Crippen MR) is 66.5 cm³/mol. The lowest BCUT2D eigenvalue weighted by Gasteiger charge is -2.08. The maximum absolute atomic E-state index is 14.1. The van der Waals surface area contributed by atoms with Crippen LogP contribution in [0.15, 0.2) is 23.2 Å². The summed E-state index contributed by atoms with van der Waals surface area (Å²) in [5.74, 6) is -0.153. The first-order chi connectivity index (χ1) is 8.06. The molecule has 1 heterocycles. The molecule has 0 fully saturated rings. The van der Waals surface area contributed by atoms with Crippen LogP contribution < -0.4 is 5.73 Å². The van der Waals surface area contributed by atoms with Gasteiger partial charge in [-0.25, -0.2) is 4.39 Å². The van der Waals surface area contributed by atoms with Crippen LogP contribution in [-0.4, -0.2) is 21.1 Å². The fourth-order valence-electron chi connectivity index (χ4n) is 1.60. The molecule has 0 unspecified atom stereocenters. The van der Waals surface area contributed by atoms with E-state index in [4.69, 9.17) is 5.73 Å². The van der Waals surface area contributed by atoms with Gasteiger partial charge in [0.25, 0.3) is 0 Å². The Kier molecular flexibility index (Phi) is 2.97. The van der Waals surface area contributed by atoms with E-state index in [0.29, 0.717) is 16.9 Å². The molecular formula is C11H12FN3OS. The highest BCUT2D eigenvalue weighted by Crippen LogP contribution is 2.37. The molecule has 3 N–H and O–H groups in total. The summed E-state index contributed by atoms with van der Waals surface area (Å²) in [7, 11) is 1.69. The molecule has 4 nitrogen and oxygen atoms in total. The minimum Gasteiger partial charge on any atom is -0.507 e. The van der Waals surface area contributed by atoms with Gasteiger partial charge in [0.05, 0.1) is 11.1 Å². The summed E-state index contributed by atoms with van der Waals surface area (Å²) in [5, 5.41) is 13.5. The lowest BCUT2D eigenvalue weighted by Crippen LogP contribution is -1.99. The number of aromatic hydroxyl groups is 1. The van der Waals surface area contributed by atoms with Gasteiger partial charge in [-0.2, -0.15) is 5.10 Å². The third kappa shape index (κ3) is 1.84. The standard InChI is InChI=1S/C11H12FN3OS/c1-15-11(13)7(5-14-15)6-3-4-8(16)10(17-2)9(6)12/h3-5,16H,13H2,1-2H3. The molecule has 0 aliphatic rings. The number of nitrogen functional groups attached to an aromatic ring is 1. The Morgan fingerprint density at radius 3 is 2.65 bits per heavy atom. The maximum atomic E-state index is 14.1. The van der Waals surface area contributed by atoms with Crippen LogP contribution in [0.4, 0.5) is 10.2 Å². The van der Waals surface area contributed by atoms with Crippen molar-refractivity contribution in [3.05, 3.63) is 24.1 Å². The van der Waals surface area contributed by atoms with Crippen LogP contribution in [0, 0.1) is 5.82 Å². The van der Waals surface area contributed by atoms with Crippen LogP contribution in [0.1, 0.15) is 0 Å². The van der Waals surface area contributed by atoms with Crippen LogP contribution in [-0.2, 0) is 7.05 Å². The number of thioether (sulfide) groups is 1. The molecule has 0 amide bonds. The van der Waals surface area contributed by atoms with E-state index in [2.05, 4.69) is 5.10 Å². The number of phenolic OH excluding ortho intramolecular Hbond substituents is 1. The van der Waals surface area contributed by atoms with Crippen molar-refractivity contribution in [1.29, 1.82) is 0 Å². The molecule has 0 atom stereocenters. The molecule has 0 aliphatic heterocycles. The highest BCUT2D eigenvalue weighted by Gasteiger charge is 2.17. The number of aryl methyl sites for hydroxylation is 1. The second-order valence-corrected chi connectivity index (χ2v) is 4.36. The zero-order valence-electron chi connectivity index (χ0n) is 9.44. The van der Waals surface area contributed by atoms with Gasteiger partial charge in [-0.05, 0) is 18.4 Å². The predicted octanol–water partition coefficient (Wildman–Crippen LogP) is 2.24.